The molecule has 0 aliphatic heterocycles. The highest BCUT2D eigenvalue weighted by Gasteiger charge is 2.14. The largest absolute Gasteiger partial charge is 0.350 e. The smallest absolute Gasteiger partial charge is 0.323 e. The Bertz CT molecular complexity index is 1170. The number of amides is 1. The number of nitrogens with one attached hydrogen (secondary N) is 3. The molecule has 0 spiro atoms. The van der Waals surface area contributed by atoms with Crippen molar-refractivity contribution in [3.8, 4) is 0 Å². The highest BCUT2D eigenvalue weighted by Crippen LogP contribution is 2.22. The number of carbonyl (C=O) groups excluding carboxylic acids is 1. The number of halogens is 1. The van der Waals surface area contributed by atoms with Crippen LogP contribution in [0.1, 0.15) is 15.9 Å². The van der Waals surface area contributed by atoms with Crippen LogP contribution in [0.2, 0.25) is 0 Å². The molecule has 2 heterocycles. The fourth-order valence-corrected chi connectivity index (χ4v) is 3.01. The van der Waals surface area contributed by atoms with Crippen molar-refractivity contribution < 1.29 is 9.18 Å². The van der Waals surface area contributed by atoms with Gasteiger partial charge in [-0.15, -0.1) is 0 Å². The summed E-state index contributed by atoms with van der Waals surface area (Å²) >= 11 is 0. The van der Waals surface area contributed by atoms with Crippen LogP contribution in [0.4, 0.5) is 4.39 Å². The number of hydrogen-bond acceptors (Lipinski definition) is 2. The van der Waals surface area contributed by atoms with Gasteiger partial charge >= 0.3 is 5.69 Å². The number of benzene rings is 2. The molecular formula is C18H15FN4O2. The molecule has 0 atom stereocenters. The Morgan fingerprint density at radius 1 is 1.16 bits per heavy atom. The monoisotopic (exact) mass is 338 g/mol. The molecule has 0 aliphatic rings. The van der Waals surface area contributed by atoms with Crippen LogP contribution in [0, 0.1) is 5.82 Å². The Morgan fingerprint density at radius 2 is 1.96 bits per heavy atom. The van der Waals surface area contributed by atoms with Crippen LogP contribution >= 0.6 is 0 Å². The number of aromatic amines is 2. The van der Waals surface area contributed by atoms with E-state index in [1.54, 1.807) is 29.0 Å². The molecule has 1 amide bonds. The first-order chi connectivity index (χ1) is 12.0. The van der Waals surface area contributed by atoms with E-state index in [1.807, 2.05) is 13.1 Å². The van der Waals surface area contributed by atoms with E-state index < -0.39 is 0 Å². The van der Waals surface area contributed by atoms with Gasteiger partial charge in [0.1, 0.15) is 5.82 Å². The summed E-state index contributed by atoms with van der Waals surface area (Å²) in [6.45, 7) is 0.299. The van der Waals surface area contributed by atoms with Crippen molar-refractivity contribution in [1.82, 2.24) is 19.9 Å². The first-order valence-corrected chi connectivity index (χ1v) is 7.75. The molecule has 3 N–H and O–H groups in total. The van der Waals surface area contributed by atoms with Crippen molar-refractivity contribution in [3.05, 3.63) is 70.0 Å². The minimum atomic E-state index is -0.380. The normalized spacial score (nSPS) is 11.3. The number of aryl methyl sites for hydroxylation is 1. The van der Waals surface area contributed by atoms with Gasteiger partial charge in [-0.3, -0.25) is 4.79 Å². The minimum absolute atomic E-state index is 0.269. The first kappa shape index (κ1) is 15.2. The first-order valence-electron chi connectivity index (χ1n) is 7.75. The van der Waals surface area contributed by atoms with Crippen molar-refractivity contribution in [1.29, 1.82) is 0 Å². The summed E-state index contributed by atoms with van der Waals surface area (Å²) in [5.41, 5.74) is 3.19. The lowest BCUT2D eigenvalue weighted by atomic mass is 10.1. The topological polar surface area (TPSA) is 82.7 Å². The Balaban J connectivity index is 1.59. The molecule has 0 bridgehead atoms. The standard InChI is InChI=1S/C18H15FN4O2/c1-23-9-13(12-7-11(19)3-5-16(12)23)17(24)20-8-10-2-4-14-15(6-10)22-18(25)21-14/h2-7,9H,8H2,1H3,(H,20,24)(H2,21,22,25). The Labute approximate surface area is 141 Å². The lowest BCUT2D eigenvalue weighted by Gasteiger charge is -2.05. The van der Waals surface area contributed by atoms with E-state index in [2.05, 4.69) is 15.3 Å². The van der Waals surface area contributed by atoms with Gasteiger partial charge in [-0.25, -0.2) is 9.18 Å². The van der Waals surface area contributed by atoms with Crippen molar-refractivity contribution in [2.75, 3.05) is 0 Å². The predicted molar refractivity (Wildman–Crippen MR) is 93.0 cm³/mol. The average Bonchev–Trinajstić information content (AvgIpc) is 3.11. The molecule has 6 nitrogen and oxygen atoms in total. The third-order valence-corrected chi connectivity index (χ3v) is 4.23. The number of carbonyl (C=O) groups is 1. The Hall–Kier alpha value is -3.35. The molecule has 0 unspecified atom stereocenters. The number of H-pyrrole nitrogens is 2. The molecule has 4 aromatic rings. The molecule has 126 valence electrons. The number of nitrogens with zero attached hydrogens (tertiary/aromatic N) is 1. The highest BCUT2D eigenvalue weighted by atomic mass is 19.1. The SMILES string of the molecule is Cn1cc(C(=O)NCc2ccc3[nH]c(=O)[nH]c3c2)c2cc(F)ccc21. The van der Waals surface area contributed by atoms with Crippen molar-refractivity contribution >= 4 is 27.8 Å². The lowest BCUT2D eigenvalue weighted by Crippen LogP contribution is -2.22. The van der Waals surface area contributed by atoms with Crippen molar-refractivity contribution in [3.63, 3.8) is 0 Å². The van der Waals surface area contributed by atoms with Gasteiger partial charge in [0, 0.05) is 30.7 Å². The molecule has 0 aliphatic carbocycles. The van der Waals surface area contributed by atoms with Gasteiger partial charge in [0.25, 0.3) is 5.91 Å². The second-order valence-corrected chi connectivity index (χ2v) is 5.96. The van der Waals surface area contributed by atoms with Crippen LogP contribution in [0.25, 0.3) is 21.9 Å². The second kappa shape index (κ2) is 5.62. The van der Waals surface area contributed by atoms with Gasteiger partial charge in [-0.1, -0.05) is 6.07 Å². The van der Waals surface area contributed by atoms with Crippen LogP contribution in [-0.4, -0.2) is 20.4 Å². The summed E-state index contributed by atoms with van der Waals surface area (Å²) in [6, 6.07) is 9.79. The van der Waals surface area contributed by atoms with Crippen LogP contribution in [0.5, 0.6) is 0 Å². The summed E-state index contributed by atoms with van der Waals surface area (Å²) in [7, 11) is 1.81. The van der Waals surface area contributed by atoms with Crippen molar-refractivity contribution in [2.24, 2.45) is 7.05 Å². The molecule has 2 aromatic heterocycles. The zero-order valence-electron chi connectivity index (χ0n) is 13.4. The van der Waals surface area contributed by atoms with Gasteiger partial charge < -0.3 is 19.9 Å². The molecular weight excluding hydrogens is 323 g/mol. The fraction of sp³-hybridized carbons (Fsp3) is 0.111. The summed E-state index contributed by atoms with van der Waals surface area (Å²) in [4.78, 5) is 29.2. The Morgan fingerprint density at radius 3 is 2.80 bits per heavy atom. The summed E-state index contributed by atoms with van der Waals surface area (Å²) in [5.74, 6) is -0.659. The van der Waals surface area contributed by atoms with Gasteiger partial charge in [0.2, 0.25) is 0 Å². The molecule has 2 aromatic carbocycles. The summed E-state index contributed by atoms with van der Waals surface area (Å²) < 4.78 is 15.3. The summed E-state index contributed by atoms with van der Waals surface area (Å²) in [5, 5.41) is 3.41. The van der Waals surface area contributed by atoms with Crippen LogP contribution in [0.3, 0.4) is 0 Å². The molecule has 25 heavy (non-hydrogen) atoms. The molecule has 0 radical (unpaired) electrons. The zero-order chi connectivity index (χ0) is 17.6. The fourth-order valence-electron chi connectivity index (χ4n) is 3.01. The van der Waals surface area contributed by atoms with E-state index in [-0.39, 0.29) is 17.4 Å². The van der Waals surface area contributed by atoms with E-state index in [0.29, 0.717) is 28.5 Å². The predicted octanol–water partition coefficient (Wildman–Crippen LogP) is 2.42. The van der Waals surface area contributed by atoms with E-state index in [4.69, 9.17) is 0 Å². The molecule has 0 saturated carbocycles. The highest BCUT2D eigenvalue weighted by molar-refractivity contribution is 6.07. The molecule has 7 heteroatoms. The van der Waals surface area contributed by atoms with Crippen molar-refractivity contribution in [2.45, 2.75) is 6.54 Å². The number of fused-ring (bicyclic) bond motifs is 2. The number of imidazole rings is 1. The number of aromatic nitrogens is 3. The van der Waals surface area contributed by atoms with Crippen LogP contribution in [-0.2, 0) is 13.6 Å². The maximum absolute atomic E-state index is 13.5. The molecule has 0 saturated heterocycles. The van der Waals surface area contributed by atoms with Gasteiger partial charge in [-0.05, 0) is 35.9 Å². The number of rotatable bonds is 3. The lowest BCUT2D eigenvalue weighted by molar-refractivity contribution is 0.0952. The molecule has 0 fully saturated rings. The quantitative estimate of drug-likeness (QED) is 0.536. The van der Waals surface area contributed by atoms with Gasteiger partial charge in [-0.2, -0.15) is 0 Å². The summed E-state index contributed by atoms with van der Waals surface area (Å²) in [6.07, 6.45) is 1.69. The van der Waals surface area contributed by atoms with E-state index in [0.717, 1.165) is 11.1 Å². The van der Waals surface area contributed by atoms with Crippen LogP contribution in [0.15, 0.2) is 47.4 Å². The third kappa shape index (κ3) is 2.69. The maximum Gasteiger partial charge on any atom is 0.323 e. The van der Waals surface area contributed by atoms with Gasteiger partial charge in [0.05, 0.1) is 16.6 Å². The maximum atomic E-state index is 13.5. The third-order valence-electron chi connectivity index (χ3n) is 4.23. The van der Waals surface area contributed by atoms with Gasteiger partial charge in [0.15, 0.2) is 0 Å². The average molecular weight is 338 g/mol. The zero-order valence-corrected chi connectivity index (χ0v) is 13.4. The number of hydrogen-bond donors (Lipinski definition) is 3. The van der Waals surface area contributed by atoms with Crippen LogP contribution < -0.4 is 11.0 Å². The minimum Gasteiger partial charge on any atom is -0.350 e. The Kier molecular flexibility index (Phi) is 3.42. The second-order valence-electron chi connectivity index (χ2n) is 5.96. The van der Waals surface area contributed by atoms with E-state index in [1.165, 1.54) is 12.1 Å². The van der Waals surface area contributed by atoms with E-state index >= 15 is 0 Å². The van der Waals surface area contributed by atoms with E-state index in [9.17, 15) is 14.0 Å². The molecule has 4 rings (SSSR count).